The number of aryl methyl sites for hydroxylation is 1. The number of aromatic nitrogens is 1. The van der Waals surface area contributed by atoms with Crippen LogP contribution in [0.3, 0.4) is 0 Å². The van der Waals surface area contributed by atoms with Gasteiger partial charge in [0.05, 0.1) is 11.4 Å². The molecule has 0 N–H and O–H groups in total. The molecule has 0 saturated heterocycles. The zero-order valence-corrected chi connectivity index (χ0v) is 10.5. The number of halogens is 3. The van der Waals surface area contributed by atoms with Crippen LogP contribution in [-0.4, -0.2) is 19.2 Å². The summed E-state index contributed by atoms with van der Waals surface area (Å²) in [6, 6.07) is 0. The van der Waals surface area contributed by atoms with E-state index < -0.39 is 33.9 Å². The molecule has 17 heavy (non-hydrogen) atoms. The third-order valence-corrected chi connectivity index (χ3v) is 5.05. The number of rotatable bonds is 5. The zero-order valence-electron chi connectivity index (χ0n) is 8.91. The van der Waals surface area contributed by atoms with Crippen LogP contribution in [-0.2, 0) is 16.3 Å². The molecule has 1 aromatic rings. The topological polar surface area (TPSA) is 47.0 Å². The van der Waals surface area contributed by atoms with Crippen LogP contribution in [0.25, 0.3) is 0 Å². The van der Waals surface area contributed by atoms with E-state index in [4.69, 9.17) is 0 Å². The van der Waals surface area contributed by atoms with E-state index in [1.54, 1.807) is 5.38 Å². The molecule has 96 valence electrons. The molecule has 1 rings (SSSR count). The van der Waals surface area contributed by atoms with E-state index >= 15 is 0 Å². The van der Waals surface area contributed by atoms with Gasteiger partial charge >= 0.3 is 6.08 Å². The Kier molecular flexibility index (Phi) is 4.70. The van der Waals surface area contributed by atoms with Crippen LogP contribution in [0, 0.1) is 0 Å². The minimum Gasteiger partial charge on any atom is -0.230 e. The molecule has 0 bridgehead atoms. The fourth-order valence-corrected chi connectivity index (χ4v) is 3.49. The van der Waals surface area contributed by atoms with Crippen molar-refractivity contribution in [3.05, 3.63) is 23.0 Å². The number of hydrogen-bond donors (Lipinski definition) is 0. The molecule has 0 spiro atoms. The average molecular weight is 285 g/mol. The molecule has 0 saturated carbocycles. The summed E-state index contributed by atoms with van der Waals surface area (Å²) < 4.78 is 59.1. The maximum Gasteiger partial charge on any atom is 0.301 e. The summed E-state index contributed by atoms with van der Waals surface area (Å²) in [4.78, 5) is 3.83. The summed E-state index contributed by atoms with van der Waals surface area (Å²) in [5, 5.41) is 1.58. The van der Waals surface area contributed by atoms with E-state index in [2.05, 4.69) is 4.98 Å². The van der Waals surface area contributed by atoms with Crippen LogP contribution in [0.2, 0.25) is 0 Å². The summed E-state index contributed by atoms with van der Waals surface area (Å²) in [5.74, 6) is -2.40. The molecule has 3 nitrogen and oxygen atoms in total. The van der Waals surface area contributed by atoms with Crippen LogP contribution < -0.4 is 0 Å². The molecule has 0 aromatic carbocycles. The highest BCUT2D eigenvalue weighted by molar-refractivity contribution is 7.93. The van der Waals surface area contributed by atoms with Crippen molar-refractivity contribution in [1.29, 1.82) is 0 Å². The van der Waals surface area contributed by atoms with E-state index in [9.17, 15) is 21.6 Å². The predicted octanol–water partition coefficient (Wildman–Crippen LogP) is 2.95. The number of nitrogens with zero attached hydrogens (tertiary/aromatic N) is 1. The molecule has 0 aliphatic carbocycles. The Hall–Kier alpha value is -0.890. The number of allylic oxidation sites excluding steroid dienone is 1. The molecule has 0 aliphatic rings. The zero-order chi connectivity index (χ0) is 13.1. The second-order valence-corrected chi connectivity index (χ2v) is 6.33. The highest BCUT2D eigenvalue weighted by Crippen LogP contribution is 2.21. The van der Waals surface area contributed by atoms with Crippen molar-refractivity contribution in [3.63, 3.8) is 0 Å². The Morgan fingerprint density at radius 1 is 1.41 bits per heavy atom. The lowest BCUT2D eigenvalue weighted by Crippen LogP contribution is -2.07. The Morgan fingerprint density at radius 2 is 2.06 bits per heavy atom. The van der Waals surface area contributed by atoms with Gasteiger partial charge in [0, 0.05) is 11.8 Å². The number of thiazole rings is 1. The van der Waals surface area contributed by atoms with E-state index in [0.29, 0.717) is 12.1 Å². The fourth-order valence-electron chi connectivity index (χ4n) is 0.999. The molecular weight excluding hydrogens is 275 g/mol. The molecule has 0 fully saturated rings. The Bertz CT molecular complexity index is 518. The summed E-state index contributed by atoms with van der Waals surface area (Å²) in [5.41, 5.74) is 0.612. The van der Waals surface area contributed by atoms with Gasteiger partial charge in [0.15, 0.2) is 5.83 Å². The average Bonchev–Trinajstić information content (AvgIpc) is 2.75. The second-order valence-electron chi connectivity index (χ2n) is 3.19. The lowest BCUT2D eigenvalue weighted by molar-refractivity contribution is 0.373. The standard InChI is InChI=1S/C9H10F3NO2S2/c1-2-6-5-16-9(13-6)17(14,15)4-3-7(10)8(11)12/h5H,2-4H2,1H3. The van der Waals surface area contributed by atoms with Crippen molar-refractivity contribution in [2.45, 2.75) is 24.1 Å². The first-order chi connectivity index (χ1) is 7.86. The fraction of sp³-hybridized carbons (Fsp3) is 0.444. The lowest BCUT2D eigenvalue weighted by atomic mass is 10.4. The van der Waals surface area contributed by atoms with Crippen LogP contribution in [0.4, 0.5) is 13.2 Å². The van der Waals surface area contributed by atoms with Gasteiger partial charge in [-0.05, 0) is 6.42 Å². The highest BCUT2D eigenvalue weighted by Gasteiger charge is 2.20. The summed E-state index contributed by atoms with van der Waals surface area (Å²) in [6.45, 7) is 1.81. The highest BCUT2D eigenvalue weighted by atomic mass is 32.2. The Morgan fingerprint density at radius 3 is 2.53 bits per heavy atom. The summed E-state index contributed by atoms with van der Waals surface area (Å²) in [6.07, 6.45) is -2.72. The molecule has 0 amide bonds. The minimum absolute atomic E-state index is 0.151. The monoisotopic (exact) mass is 285 g/mol. The van der Waals surface area contributed by atoms with Gasteiger partial charge in [-0.1, -0.05) is 6.92 Å². The smallest absolute Gasteiger partial charge is 0.230 e. The van der Waals surface area contributed by atoms with E-state index in [1.165, 1.54) is 0 Å². The van der Waals surface area contributed by atoms with E-state index in [-0.39, 0.29) is 4.34 Å². The molecule has 1 heterocycles. The molecule has 0 aliphatic heterocycles. The molecule has 0 atom stereocenters. The first kappa shape index (κ1) is 14.2. The maximum absolute atomic E-state index is 12.5. The second kappa shape index (κ2) is 5.63. The Labute approximate surface area is 101 Å². The van der Waals surface area contributed by atoms with E-state index in [0.717, 1.165) is 11.3 Å². The first-order valence-electron chi connectivity index (χ1n) is 4.73. The molecular formula is C9H10F3NO2S2. The van der Waals surface area contributed by atoms with Gasteiger partial charge in [0.25, 0.3) is 0 Å². The third-order valence-electron chi connectivity index (χ3n) is 1.95. The van der Waals surface area contributed by atoms with Crippen molar-refractivity contribution < 1.29 is 21.6 Å². The number of hydrogen-bond acceptors (Lipinski definition) is 4. The molecule has 0 radical (unpaired) electrons. The van der Waals surface area contributed by atoms with Gasteiger partial charge in [-0.15, -0.1) is 11.3 Å². The van der Waals surface area contributed by atoms with Crippen LogP contribution in [0.1, 0.15) is 19.0 Å². The lowest BCUT2D eigenvalue weighted by Gasteiger charge is -1.98. The molecule has 0 unspecified atom stereocenters. The van der Waals surface area contributed by atoms with Gasteiger partial charge < -0.3 is 0 Å². The van der Waals surface area contributed by atoms with Gasteiger partial charge in [-0.2, -0.15) is 8.78 Å². The van der Waals surface area contributed by atoms with Crippen molar-refractivity contribution in [1.82, 2.24) is 4.98 Å². The van der Waals surface area contributed by atoms with Crippen molar-refractivity contribution in [2.24, 2.45) is 0 Å². The number of sulfone groups is 1. The van der Waals surface area contributed by atoms with Gasteiger partial charge in [0.2, 0.25) is 14.2 Å². The van der Waals surface area contributed by atoms with Crippen LogP contribution >= 0.6 is 11.3 Å². The van der Waals surface area contributed by atoms with Gasteiger partial charge in [0.1, 0.15) is 0 Å². The van der Waals surface area contributed by atoms with Crippen LogP contribution in [0.15, 0.2) is 21.6 Å². The first-order valence-corrected chi connectivity index (χ1v) is 7.26. The predicted molar refractivity (Wildman–Crippen MR) is 58.5 cm³/mol. The minimum atomic E-state index is -3.78. The third kappa shape index (κ3) is 3.81. The normalized spacial score (nSPS) is 11.5. The summed E-state index contributed by atoms with van der Waals surface area (Å²) in [7, 11) is -3.78. The van der Waals surface area contributed by atoms with Crippen molar-refractivity contribution in [2.75, 3.05) is 5.75 Å². The van der Waals surface area contributed by atoms with Gasteiger partial charge in [-0.25, -0.2) is 17.8 Å². The quantitative estimate of drug-likeness (QED) is 0.835. The molecule has 8 heteroatoms. The summed E-state index contributed by atoms with van der Waals surface area (Å²) >= 11 is 0.916. The van der Waals surface area contributed by atoms with E-state index in [1.807, 2.05) is 6.92 Å². The van der Waals surface area contributed by atoms with Crippen molar-refractivity contribution >= 4 is 21.2 Å². The SMILES string of the molecule is CCc1csc(S(=O)(=O)CCC(F)=C(F)F)n1. The van der Waals surface area contributed by atoms with Crippen LogP contribution in [0.5, 0.6) is 0 Å². The van der Waals surface area contributed by atoms with Crippen molar-refractivity contribution in [3.8, 4) is 0 Å². The Balaban J connectivity index is 2.79. The maximum atomic E-state index is 12.5. The largest absolute Gasteiger partial charge is 0.301 e. The van der Waals surface area contributed by atoms with Gasteiger partial charge in [-0.3, -0.25) is 0 Å². The molecule has 1 aromatic heterocycles.